The van der Waals surface area contributed by atoms with Crippen LogP contribution in [0.3, 0.4) is 0 Å². The van der Waals surface area contributed by atoms with E-state index in [1.165, 1.54) is 14.2 Å². The molecule has 1 atom stereocenters. The molecule has 1 unspecified atom stereocenters. The van der Waals surface area contributed by atoms with E-state index in [1.807, 2.05) is 26.0 Å². The lowest BCUT2D eigenvalue weighted by Crippen LogP contribution is -2.29. The molecule has 0 aliphatic carbocycles. The second kappa shape index (κ2) is 8.19. The van der Waals surface area contributed by atoms with E-state index in [0.717, 1.165) is 16.7 Å². The lowest BCUT2D eigenvalue weighted by Gasteiger charge is -2.19. The topological polar surface area (TPSA) is 64.6 Å². The number of nitrogens with one attached hydrogen (secondary N) is 1. The highest BCUT2D eigenvalue weighted by atomic mass is 35.5. The van der Waals surface area contributed by atoms with Crippen molar-refractivity contribution in [2.45, 2.75) is 24.8 Å². The number of methoxy groups -OCH3 is 2. The molecule has 0 fully saturated rings. The standard InChI is InChI=1S/C18H22ClNO4S/c1-12-9-16(23-3)18(10-13(12)2)25(21,22)20-11-17(24-4)14-7-5-6-8-15(14)19/h5-10,17,20H,11H2,1-4H3. The number of benzene rings is 2. The predicted octanol–water partition coefficient (Wildman–Crippen LogP) is 3.63. The second-order valence-electron chi connectivity index (χ2n) is 5.69. The Kier molecular flexibility index (Phi) is 6.46. The van der Waals surface area contributed by atoms with E-state index in [-0.39, 0.29) is 11.4 Å². The van der Waals surface area contributed by atoms with Crippen LogP contribution in [0.4, 0.5) is 0 Å². The maximum atomic E-state index is 12.7. The van der Waals surface area contributed by atoms with Crippen LogP contribution in [0.15, 0.2) is 41.3 Å². The fourth-order valence-corrected chi connectivity index (χ4v) is 3.98. The molecule has 2 aromatic carbocycles. The van der Waals surface area contributed by atoms with Crippen molar-refractivity contribution in [2.75, 3.05) is 20.8 Å². The van der Waals surface area contributed by atoms with Gasteiger partial charge in [-0.15, -0.1) is 0 Å². The highest BCUT2D eigenvalue weighted by Crippen LogP contribution is 2.28. The summed E-state index contributed by atoms with van der Waals surface area (Å²) in [6.45, 7) is 3.81. The van der Waals surface area contributed by atoms with Crippen LogP contribution in [-0.2, 0) is 14.8 Å². The maximum absolute atomic E-state index is 12.7. The summed E-state index contributed by atoms with van der Waals surface area (Å²) < 4.78 is 38.7. The molecule has 0 saturated carbocycles. The van der Waals surface area contributed by atoms with Crippen molar-refractivity contribution >= 4 is 21.6 Å². The molecule has 0 aromatic heterocycles. The van der Waals surface area contributed by atoms with Gasteiger partial charge in [0.1, 0.15) is 10.6 Å². The third-order valence-electron chi connectivity index (χ3n) is 4.06. The summed E-state index contributed by atoms with van der Waals surface area (Å²) in [5, 5.41) is 0.525. The second-order valence-corrected chi connectivity index (χ2v) is 7.83. The van der Waals surface area contributed by atoms with Crippen LogP contribution in [-0.4, -0.2) is 29.2 Å². The van der Waals surface area contributed by atoms with Gasteiger partial charge in [0.15, 0.2) is 0 Å². The Balaban J connectivity index is 2.27. The lowest BCUT2D eigenvalue weighted by molar-refractivity contribution is 0.107. The first-order chi connectivity index (χ1) is 11.8. The van der Waals surface area contributed by atoms with Crippen LogP contribution in [0.2, 0.25) is 5.02 Å². The number of rotatable bonds is 7. The monoisotopic (exact) mass is 383 g/mol. The third-order valence-corrected chi connectivity index (χ3v) is 5.85. The number of halogens is 1. The van der Waals surface area contributed by atoms with E-state index in [9.17, 15) is 8.42 Å². The molecule has 1 N–H and O–H groups in total. The van der Waals surface area contributed by atoms with Gasteiger partial charge in [0.05, 0.1) is 13.2 Å². The van der Waals surface area contributed by atoms with Crippen molar-refractivity contribution in [3.05, 3.63) is 58.1 Å². The number of aryl methyl sites for hydroxylation is 2. The third kappa shape index (κ3) is 4.52. The predicted molar refractivity (Wildman–Crippen MR) is 98.9 cm³/mol. The highest BCUT2D eigenvalue weighted by Gasteiger charge is 2.23. The SMILES string of the molecule is COc1cc(C)c(C)cc1S(=O)(=O)NCC(OC)c1ccccc1Cl. The Morgan fingerprint density at radius 3 is 2.36 bits per heavy atom. The fourth-order valence-electron chi connectivity index (χ4n) is 2.45. The minimum Gasteiger partial charge on any atom is -0.495 e. The zero-order valence-electron chi connectivity index (χ0n) is 14.7. The van der Waals surface area contributed by atoms with Crippen LogP contribution in [0.25, 0.3) is 0 Å². The Labute approximate surface area is 154 Å². The summed E-state index contributed by atoms with van der Waals surface area (Å²) in [4.78, 5) is 0.104. The summed E-state index contributed by atoms with van der Waals surface area (Å²) in [5.74, 6) is 0.308. The Morgan fingerprint density at radius 2 is 1.76 bits per heavy atom. The Morgan fingerprint density at radius 1 is 1.12 bits per heavy atom. The van der Waals surface area contributed by atoms with Crippen LogP contribution in [0.5, 0.6) is 5.75 Å². The molecule has 0 radical (unpaired) electrons. The molecule has 0 spiro atoms. The molecule has 0 bridgehead atoms. The van der Waals surface area contributed by atoms with Crippen LogP contribution >= 0.6 is 11.6 Å². The normalized spacial score (nSPS) is 12.8. The smallest absolute Gasteiger partial charge is 0.244 e. The van der Waals surface area contributed by atoms with Crippen molar-refractivity contribution in [1.29, 1.82) is 0 Å². The van der Waals surface area contributed by atoms with Crippen molar-refractivity contribution in [3.63, 3.8) is 0 Å². The number of hydrogen-bond donors (Lipinski definition) is 1. The van der Waals surface area contributed by atoms with E-state index in [4.69, 9.17) is 21.1 Å². The van der Waals surface area contributed by atoms with Gasteiger partial charge >= 0.3 is 0 Å². The Hall–Kier alpha value is -1.60. The largest absolute Gasteiger partial charge is 0.495 e. The molecule has 2 rings (SSSR count). The van der Waals surface area contributed by atoms with Crippen molar-refractivity contribution in [1.82, 2.24) is 4.72 Å². The molecular weight excluding hydrogens is 362 g/mol. The van der Waals surface area contributed by atoms with E-state index < -0.39 is 16.1 Å². The van der Waals surface area contributed by atoms with E-state index in [1.54, 1.807) is 24.3 Å². The molecule has 0 heterocycles. The molecule has 0 amide bonds. The van der Waals surface area contributed by atoms with Gasteiger partial charge in [0.2, 0.25) is 10.0 Å². The summed E-state index contributed by atoms with van der Waals surface area (Å²) in [5.41, 5.74) is 2.55. The first-order valence-electron chi connectivity index (χ1n) is 7.72. The molecule has 0 aliphatic heterocycles. The first-order valence-corrected chi connectivity index (χ1v) is 9.58. The van der Waals surface area contributed by atoms with E-state index >= 15 is 0 Å². The van der Waals surface area contributed by atoms with E-state index in [0.29, 0.717) is 10.8 Å². The van der Waals surface area contributed by atoms with Gasteiger partial charge in [-0.25, -0.2) is 13.1 Å². The molecule has 5 nitrogen and oxygen atoms in total. The molecule has 2 aromatic rings. The molecular formula is C18H22ClNO4S. The first kappa shape index (κ1) is 19.7. The van der Waals surface area contributed by atoms with Crippen molar-refractivity contribution in [3.8, 4) is 5.75 Å². The van der Waals surface area contributed by atoms with Gasteiger partial charge in [-0.3, -0.25) is 0 Å². The van der Waals surface area contributed by atoms with E-state index in [2.05, 4.69) is 4.72 Å². The average molecular weight is 384 g/mol. The summed E-state index contributed by atoms with van der Waals surface area (Å²) in [6, 6.07) is 10.5. The highest BCUT2D eigenvalue weighted by molar-refractivity contribution is 7.89. The van der Waals surface area contributed by atoms with Crippen LogP contribution in [0, 0.1) is 13.8 Å². The summed E-state index contributed by atoms with van der Waals surface area (Å²) in [7, 11) is -0.804. The molecule has 25 heavy (non-hydrogen) atoms. The van der Waals surface area contributed by atoms with Gasteiger partial charge in [-0.05, 0) is 43.2 Å². The van der Waals surface area contributed by atoms with Crippen LogP contribution in [0.1, 0.15) is 22.8 Å². The number of sulfonamides is 1. The van der Waals surface area contributed by atoms with Gasteiger partial charge in [0, 0.05) is 24.2 Å². The molecule has 7 heteroatoms. The Bertz CT molecular complexity index is 852. The van der Waals surface area contributed by atoms with Gasteiger partial charge in [-0.2, -0.15) is 0 Å². The summed E-state index contributed by atoms with van der Waals surface area (Å²) in [6.07, 6.45) is -0.499. The quantitative estimate of drug-likeness (QED) is 0.792. The number of ether oxygens (including phenoxy) is 2. The van der Waals surface area contributed by atoms with Gasteiger partial charge in [-0.1, -0.05) is 29.8 Å². The number of hydrogen-bond acceptors (Lipinski definition) is 4. The molecule has 136 valence electrons. The minimum absolute atomic E-state index is 0.0542. The zero-order chi connectivity index (χ0) is 18.6. The molecule has 0 saturated heterocycles. The average Bonchev–Trinajstić information content (AvgIpc) is 2.58. The lowest BCUT2D eigenvalue weighted by atomic mass is 10.1. The van der Waals surface area contributed by atoms with Crippen molar-refractivity contribution in [2.24, 2.45) is 0 Å². The summed E-state index contributed by atoms with van der Waals surface area (Å²) >= 11 is 6.17. The van der Waals surface area contributed by atoms with Crippen LogP contribution < -0.4 is 9.46 Å². The fraction of sp³-hybridized carbons (Fsp3) is 0.333. The van der Waals surface area contributed by atoms with Gasteiger partial charge < -0.3 is 9.47 Å². The zero-order valence-corrected chi connectivity index (χ0v) is 16.2. The van der Waals surface area contributed by atoms with Crippen molar-refractivity contribution < 1.29 is 17.9 Å². The minimum atomic E-state index is -3.77. The maximum Gasteiger partial charge on any atom is 0.244 e. The van der Waals surface area contributed by atoms with Gasteiger partial charge in [0.25, 0.3) is 0 Å². The molecule has 0 aliphatic rings.